The molecule has 0 radical (unpaired) electrons. The lowest BCUT2D eigenvalue weighted by atomic mass is 9.72. The second kappa shape index (κ2) is 5.78. The minimum Gasteiger partial charge on any atom is -0.313 e. The highest BCUT2D eigenvalue weighted by Gasteiger charge is 2.40. The first-order valence-electron chi connectivity index (χ1n) is 8.05. The van der Waals surface area contributed by atoms with E-state index in [0.29, 0.717) is 12.5 Å². The zero-order chi connectivity index (χ0) is 15.8. The number of allylic oxidation sites excluding steroid dienone is 3. The fourth-order valence-corrected chi connectivity index (χ4v) is 3.38. The summed E-state index contributed by atoms with van der Waals surface area (Å²) in [4.78, 5) is 18.8. The first-order chi connectivity index (χ1) is 9.78. The van der Waals surface area contributed by atoms with E-state index in [9.17, 15) is 4.79 Å². The maximum absolute atomic E-state index is 12.4. The molecule has 1 amide bonds. The van der Waals surface area contributed by atoms with E-state index in [-0.39, 0.29) is 11.3 Å². The molecule has 1 saturated heterocycles. The molecule has 3 nitrogen and oxygen atoms in total. The van der Waals surface area contributed by atoms with Crippen molar-refractivity contribution in [3.63, 3.8) is 0 Å². The lowest BCUT2D eigenvalue weighted by molar-refractivity contribution is -0.128. The number of piperidine rings is 1. The highest BCUT2D eigenvalue weighted by Crippen LogP contribution is 2.45. The van der Waals surface area contributed by atoms with Crippen LogP contribution in [0.1, 0.15) is 54.4 Å². The molecule has 0 aromatic carbocycles. The molecule has 0 bridgehead atoms. The van der Waals surface area contributed by atoms with Gasteiger partial charge < -0.3 is 4.90 Å². The fourth-order valence-electron chi connectivity index (χ4n) is 3.38. The summed E-state index contributed by atoms with van der Waals surface area (Å²) in [6.45, 7) is 14.4. The number of carbonyl (C=O) groups excluding carboxylic acids is 1. The Balaban J connectivity index is 2.54. The van der Waals surface area contributed by atoms with E-state index in [0.717, 1.165) is 30.8 Å². The van der Waals surface area contributed by atoms with Crippen LogP contribution in [-0.4, -0.2) is 29.6 Å². The number of nitrogens with zero attached hydrogens (tertiary/aromatic N) is 2. The first-order valence-corrected chi connectivity index (χ1v) is 8.05. The molecular weight excluding hydrogens is 260 g/mol. The van der Waals surface area contributed by atoms with E-state index < -0.39 is 0 Å². The van der Waals surface area contributed by atoms with Crippen molar-refractivity contribution in [1.82, 2.24) is 4.90 Å². The van der Waals surface area contributed by atoms with E-state index in [1.807, 2.05) is 4.90 Å². The van der Waals surface area contributed by atoms with Crippen LogP contribution < -0.4 is 0 Å². The third kappa shape index (κ3) is 2.83. The van der Waals surface area contributed by atoms with Crippen molar-refractivity contribution < 1.29 is 4.79 Å². The first kappa shape index (κ1) is 16.0. The van der Waals surface area contributed by atoms with Crippen molar-refractivity contribution in [3.05, 3.63) is 22.9 Å². The molecule has 0 spiro atoms. The van der Waals surface area contributed by atoms with Crippen LogP contribution in [0.15, 0.2) is 27.9 Å². The standard InChI is InChI=1S/C18H28N2O/c1-7-14-10-16-18(5,6)15(13(4)12(2)3)8-9-20(16)17(21)11-19-14/h10,12H,7-9,11H2,1-6H3/b15-13+. The van der Waals surface area contributed by atoms with Gasteiger partial charge in [0.25, 0.3) is 0 Å². The number of carbonyl (C=O) groups is 1. The van der Waals surface area contributed by atoms with Crippen LogP contribution in [-0.2, 0) is 4.79 Å². The number of hydrogen-bond donors (Lipinski definition) is 0. The van der Waals surface area contributed by atoms with E-state index in [1.165, 1.54) is 11.1 Å². The molecular formula is C18H28N2O. The second-order valence-electron chi connectivity index (χ2n) is 6.93. The largest absolute Gasteiger partial charge is 0.313 e. The van der Waals surface area contributed by atoms with Crippen molar-refractivity contribution in [3.8, 4) is 0 Å². The average molecular weight is 288 g/mol. The third-order valence-corrected chi connectivity index (χ3v) is 5.00. The predicted molar refractivity (Wildman–Crippen MR) is 88.3 cm³/mol. The minimum atomic E-state index is -0.0947. The number of rotatable bonds is 2. The Morgan fingerprint density at radius 1 is 1.43 bits per heavy atom. The molecule has 0 aliphatic carbocycles. The SMILES string of the molecule is CCC1=NCC(=O)N2CC/C(=C(/C)C(C)C)C(C)(C)C2=C1. The molecule has 2 rings (SSSR count). The van der Waals surface area contributed by atoms with Crippen molar-refractivity contribution in [2.45, 2.75) is 54.4 Å². The van der Waals surface area contributed by atoms with Gasteiger partial charge in [-0.1, -0.05) is 45.8 Å². The Labute approximate surface area is 128 Å². The highest BCUT2D eigenvalue weighted by molar-refractivity contribution is 5.99. The molecule has 3 heteroatoms. The van der Waals surface area contributed by atoms with Crippen LogP contribution in [0, 0.1) is 11.3 Å². The fraction of sp³-hybridized carbons (Fsp3) is 0.667. The molecule has 2 aliphatic heterocycles. The van der Waals surface area contributed by atoms with E-state index in [4.69, 9.17) is 0 Å². The molecule has 0 aromatic heterocycles. The molecule has 0 unspecified atom stereocenters. The van der Waals surface area contributed by atoms with Crippen molar-refractivity contribution in [2.24, 2.45) is 16.3 Å². The molecule has 0 N–H and O–H groups in total. The Morgan fingerprint density at radius 3 is 2.67 bits per heavy atom. The van der Waals surface area contributed by atoms with Crippen LogP contribution >= 0.6 is 0 Å². The van der Waals surface area contributed by atoms with Gasteiger partial charge in [-0.15, -0.1) is 0 Å². The van der Waals surface area contributed by atoms with Crippen LogP contribution in [0.2, 0.25) is 0 Å². The summed E-state index contributed by atoms with van der Waals surface area (Å²) in [5, 5.41) is 0. The topological polar surface area (TPSA) is 32.7 Å². The number of hydrogen-bond acceptors (Lipinski definition) is 2. The molecule has 0 saturated carbocycles. The van der Waals surface area contributed by atoms with Gasteiger partial charge >= 0.3 is 0 Å². The van der Waals surface area contributed by atoms with E-state index >= 15 is 0 Å². The molecule has 1 fully saturated rings. The summed E-state index contributed by atoms with van der Waals surface area (Å²) >= 11 is 0. The normalized spacial score (nSPS) is 24.3. The minimum absolute atomic E-state index is 0.0947. The van der Waals surface area contributed by atoms with Crippen LogP contribution in [0.25, 0.3) is 0 Å². The van der Waals surface area contributed by atoms with Crippen molar-refractivity contribution in [2.75, 3.05) is 13.1 Å². The second-order valence-corrected chi connectivity index (χ2v) is 6.93. The number of aliphatic imine (C=N–C) groups is 1. The third-order valence-electron chi connectivity index (χ3n) is 5.00. The quantitative estimate of drug-likeness (QED) is 0.708. The highest BCUT2D eigenvalue weighted by atomic mass is 16.2. The Kier molecular flexibility index (Phi) is 4.40. The Hall–Kier alpha value is -1.38. The number of fused-ring (bicyclic) bond motifs is 1. The summed E-state index contributed by atoms with van der Waals surface area (Å²) in [6.07, 6.45) is 4.00. The summed E-state index contributed by atoms with van der Waals surface area (Å²) in [7, 11) is 0. The Bertz CT molecular complexity index is 535. The van der Waals surface area contributed by atoms with Crippen LogP contribution in [0.3, 0.4) is 0 Å². The summed E-state index contributed by atoms with van der Waals surface area (Å²) in [5.41, 5.74) is 5.03. The van der Waals surface area contributed by atoms with Gasteiger partial charge in [-0.05, 0) is 31.8 Å². The van der Waals surface area contributed by atoms with Gasteiger partial charge in [0.2, 0.25) is 5.91 Å². The molecule has 21 heavy (non-hydrogen) atoms. The van der Waals surface area contributed by atoms with Gasteiger partial charge in [0, 0.05) is 23.4 Å². The average Bonchev–Trinajstić information content (AvgIpc) is 2.58. The molecule has 2 aliphatic rings. The van der Waals surface area contributed by atoms with Crippen molar-refractivity contribution >= 4 is 11.6 Å². The monoisotopic (exact) mass is 288 g/mol. The Morgan fingerprint density at radius 2 is 2.10 bits per heavy atom. The van der Waals surface area contributed by atoms with Crippen molar-refractivity contribution in [1.29, 1.82) is 0 Å². The maximum atomic E-state index is 12.4. The van der Waals surface area contributed by atoms with Gasteiger partial charge in [-0.3, -0.25) is 9.79 Å². The van der Waals surface area contributed by atoms with Gasteiger partial charge in [0.15, 0.2) is 0 Å². The molecule has 0 atom stereocenters. The zero-order valence-electron chi connectivity index (χ0n) is 14.3. The molecule has 116 valence electrons. The van der Waals surface area contributed by atoms with Gasteiger partial charge in [0.1, 0.15) is 6.54 Å². The van der Waals surface area contributed by atoms with Crippen LogP contribution in [0.4, 0.5) is 0 Å². The zero-order valence-corrected chi connectivity index (χ0v) is 14.3. The predicted octanol–water partition coefficient (Wildman–Crippen LogP) is 3.97. The summed E-state index contributed by atoms with van der Waals surface area (Å²) < 4.78 is 0. The van der Waals surface area contributed by atoms with Gasteiger partial charge in [-0.25, -0.2) is 0 Å². The number of amides is 1. The lowest BCUT2D eigenvalue weighted by Crippen LogP contribution is -2.43. The maximum Gasteiger partial charge on any atom is 0.248 e. The van der Waals surface area contributed by atoms with Gasteiger partial charge in [0.05, 0.1) is 0 Å². The summed E-state index contributed by atoms with van der Waals surface area (Å²) in [5.74, 6) is 0.686. The molecule has 2 heterocycles. The van der Waals surface area contributed by atoms with E-state index in [2.05, 4.69) is 52.6 Å². The van der Waals surface area contributed by atoms with Crippen LogP contribution in [0.5, 0.6) is 0 Å². The molecule has 0 aromatic rings. The lowest BCUT2D eigenvalue weighted by Gasteiger charge is -2.44. The summed E-state index contributed by atoms with van der Waals surface area (Å²) in [6, 6.07) is 0. The van der Waals surface area contributed by atoms with E-state index in [1.54, 1.807) is 0 Å². The smallest absolute Gasteiger partial charge is 0.248 e. The van der Waals surface area contributed by atoms with Gasteiger partial charge in [-0.2, -0.15) is 0 Å².